The molecule has 0 spiro atoms. The average Bonchev–Trinajstić information content (AvgIpc) is 3.88. The van der Waals surface area contributed by atoms with Crippen molar-refractivity contribution in [3.05, 3.63) is 152 Å². The molecule has 0 radical (unpaired) electrons. The van der Waals surface area contributed by atoms with Crippen LogP contribution in [-0.4, -0.2) is 33.3 Å². The standard InChI is InChI=1S/C54H54N4O4/c1-11-39-29(3)45(55-33(39)7)27-47-31(5)43(35(9)57-47)25-51(59)61-49-23-21-37-17-13-15-19-41(37)53(49)54-42-20-16-14-18-38(42)22-24-50(54)62-52(60)26-44-32(6)48(58-36(44)10)28-46-30(4)40(12-2)34(8)56-46/h13-24,27-28,55-56H,11-12,25-26H2,1-10H3/b47-27-,48-28-. The van der Waals surface area contributed by atoms with Crippen LogP contribution in [0.5, 0.6) is 11.5 Å². The Hall–Kier alpha value is -6.80. The van der Waals surface area contributed by atoms with E-state index in [1.807, 2.05) is 100 Å². The number of carbonyl (C=O) groups excluding carboxylic acids is 2. The van der Waals surface area contributed by atoms with Gasteiger partial charge in [0.15, 0.2) is 0 Å². The predicted molar refractivity (Wildman–Crippen MR) is 254 cm³/mol. The second-order valence-electron chi connectivity index (χ2n) is 16.5. The highest BCUT2D eigenvalue weighted by atomic mass is 16.5. The first-order valence-corrected chi connectivity index (χ1v) is 21.5. The molecule has 2 aliphatic heterocycles. The molecule has 314 valence electrons. The van der Waals surface area contributed by atoms with E-state index >= 15 is 0 Å². The van der Waals surface area contributed by atoms with Crippen LogP contribution in [0.1, 0.15) is 99.4 Å². The molecule has 0 atom stereocenters. The molecule has 4 aromatic carbocycles. The summed E-state index contributed by atoms with van der Waals surface area (Å²) in [6.07, 6.45) is 6.13. The Morgan fingerprint density at radius 1 is 0.548 bits per heavy atom. The molecule has 4 heterocycles. The van der Waals surface area contributed by atoms with Crippen LogP contribution in [0, 0.1) is 27.7 Å². The number of ether oxygens (including phenoxy) is 2. The number of aliphatic imine (C=N–C) groups is 2. The highest BCUT2D eigenvalue weighted by Gasteiger charge is 2.27. The lowest BCUT2D eigenvalue weighted by Gasteiger charge is -2.19. The molecule has 2 aliphatic rings. The quantitative estimate of drug-likeness (QED) is 0.100. The molecule has 62 heavy (non-hydrogen) atoms. The topological polar surface area (TPSA) is 109 Å². The van der Waals surface area contributed by atoms with Gasteiger partial charge in [-0.05, 0) is 159 Å². The second kappa shape index (κ2) is 16.9. The first-order valence-electron chi connectivity index (χ1n) is 21.5. The molecule has 0 saturated heterocycles. The number of nitrogens with zero attached hydrogens (tertiary/aromatic N) is 2. The Balaban J connectivity index is 1.13. The van der Waals surface area contributed by atoms with Crippen LogP contribution >= 0.6 is 0 Å². The molecule has 8 rings (SSSR count). The maximum absolute atomic E-state index is 14.1. The van der Waals surface area contributed by atoms with Crippen molar-refractivity contribution in [2.75, 3.05) is 0 Å². The third kappa shape index (κ3) is 7.70. The number of hydrogen-bond donors (Lipinski definition) is 2. The van der Waals surface area contributed by atoms with Gasteiger partial charge in [-0.3, -0.25) is 19.6 Å². The molecule has 6 aromatic rings. The van der Waals surface area contributed by atoms with Gasteiger partial charge in [-0.2, -0.15) is 0 Å². The monoisotopic (exact) mass is 822 g/mol. The summed E-state index contributed by atoms with van der Waals surface area (Å²) in [5.74, 6) is -0.0736. The molecular weight excluding hydrogens is 769 g/mol. The van der Waals surface area contributed by atoms with Gasteiger partial charge in [0, 0.05) is 45.3 Å². The van der Waals surface area contributed by atoms with Gasteiger partial charge < -0.3 is 19.4 Å². The zero-order valence-electron chi connectivity index (χ0n) is 37.4. The van der Waals surface area contributed by atoms with Gasteiger partial charge in [0.1, 0.15) is 11.5 Å². The number of benzene rings is 4. The summed E-state index contributed by atoms with van der Waals surface area (Å²) in [5.41, 5.74) is 17.6. The number of aromatic amines is 2. The van der Waals surface area contributed by atoms with Crippen molar-refractivity contribution < 1.29 is 19.1 Å². The van der Waals surface area contributed by atoms with E-state index in [-0.39, 0.29) is 12.8 Å². The lowest BCUT2D eigenvalue weighted by molar-refractivity contribution is -0.134. The maximum Gasteiger partial charge on any atom is 0.315 e. The largest absolute Gasteiger partial charge is 0.426 e. The van der Waals surface area contributed by atoms with E-state index in [9.17, 15) is 9.59 Å². The lowest BCUT2D eigenvalue weighted by Crippen LogP contribution is -2.13. The first kappa shape index (κ1) is 41.9. The minimum atomic E-state index is -0.413. The molecule has 0 unspecified atom stereocenters. The fraction of sp³-hybridized carbons (Fsp3) is 0.259. The SMILES string of the molecule is CCc1c(C)[nH]c(/C=C2\N=C(C)C(CC(=O)Oc3ccc4ccccc4c3-c3c(OC(=O)CC4=C(C)/C(=C/c5[nH]c(C)c(CC)c5C)N=C4C)ccc4ccccc34)=C2C)c1C. The molecule has 0 aliphatic carbocycles. The Bertz CT molecular complexity index is 2840. The summed E-state index contributed by atoms with van der Waals surface area (Å²) >= 11 is 0. The molecule has 0 amide bonds. The number of aromatic nitrogens is 2. The van der Waals surface area contributed by atoms with Gasteiger partial charge in [0.05, 0.1) is 24.2 Å². The molecular formula is C54H54N4O4. The van der Waals surface area contributed by atoms with Gasteiger partial charge in [0.25, 0.3) is 0 Å². The number of hydrogen-bond acceptors (Lipinski definition) is 6. The van der Waals surface area contributed by atoms with Crippen LogP contribution in [0.2, 0.25) is 0 Å². The Labute approximate surface area is 363 Å². The Kier molecular flexibility index (Phi) is 11.4. The first-order chi connectivity index (χ1) is 29.8. The summed E-state index contributed by atoms with van der Waals surface area (Å²) in [5, 5.41) is 3.64. The number of esters is 2. The Morgan fingerprint density at radius 2 is 0.935 bits per heavy atom. The Morgan fingerprint density at radius 3 is 1.31 bits per heavy atom. The molecule has 0 fully saturated rings. The number of H-pyrrole nitrogens is 2. The molecule has 0 saturated carbocycles. The predicted octanol–water partition coefficient (Wildman–Crippen LogP) is 12.9. The van der Waals surface area contributed by atoms with Crippen LogP contribution in [0.15, 0.2) is 116 Å². The fourth-order valence-electron chi connectivity index (χ4n) is 9.37. The van der Waals surface area contributed by atoms with E-state index in [4.69, 9.17) is 19.5 Å². The number of carbonyl (C=O) groups is 2. The number of rotatable bonds is 11. The summed E-state index contributed by atoms with van der Waals surface area (Å²) in [6, 6.07) is 23.6. The number of nitrogens with one attached hydrogen (secondary N) is 2. The van der Waals surface area contributed by atoms with Gasteiger partial charge in [-0.1, -0.05) is 74.5 Å². The number of allylic oxidation sites excluding steroid dienone is 2. The average molecular weight is 823 g/mol. The summed E-state index contributed by atoms with van der Waals surface area (Å²) in [7, 11) is 0. The van der Waals surface area contributed by atoms with Crippen LogP contribution in [0.3, 0.4) is 0 Å². The van der Waals surface area contributed by atoms with E-state index in [1.165, 1.54) is 22.3 Å². The third-order valence-corrected chi connectivity index (χ3v) is 12.8. The normalized spacial score (nSPS) is 15.5. The van der Waals surface area contributed by atoms with Gasteiger partial charge in [-0.15, -0.1) is 0 Å². The molecule has 2 aromatic heterocycles. The smallest absolute Gasteiger partial charge is 0.315 e. The van der Waals surface area contributed by atoms with Crippen LogP contribution in [0.4, 0.5) is 0 Å². The number of aryl methyl sites for hydroxylation is 2. The van der Waals surface area contributed by atoms with Crippen molar-refractivity contribution in [3.63, 3.8) is 0 Å². The van der Waals surface area contributed by atoms with E-state index < -0.39 is 11.9 Å². The van der Waals surface area contributed by atoms with Crippen molar-refractivity contribution in [2.24, 2.45) is 9.98 Å². The number of fused-ring (bicyclic) bond motifs is 2. The lowest BCUT2D eigenvalue weighted by atomic mass is 9.92. The van der Waals surface area contributed by atoms with E-state index in [0.29, 0.717) is 22.6 Å². The molecule has 2 N–H and O–H groups in total. The van der Waals surface area contributed by atoms with E-state index in [2.05, 4.69) is 63.7 Å². The van der Waals surface area contributed by atoms with E-state index in [0.717, 1.165) is 102 Å². The third-order valence-electron chi connectivity index (χ3n) is 12.8. The van der Waals surface area contributed by atoms with Crippen molar-refractivity contribution in [1.29, 1.82) is 0 Å². The van der Waals surface area contributed by atoms with Crippen molar-refractivity contribution >= 4 is 57.1 Å². The van der Waals surface area contributed by atoms with Crippen molar-refractivity contribution in [2.45, 2.75) is 94.9 Å². The minimum absolute atomic E-state index is 0.0414. The van der Waals surface area contributed by atoms with Crippen LogP contribution in [-0.2, 0) is 22.4 Å². The van der Waals surface area contributed by atoms with Crippen molar-refractivity contribution in [1.82, 2.24) is 9.97 Å². The summed E-state index contributed by atoms with van der Waals surface area (Å²) in [6.45, 7) is 20.7. The van der Waals surface area contributed by atoms with Gasteiger partial charge in [0.2, 0.25) is 0 Å². The van der Waals surface area contributed by atoms with Gasteiger partial charge >= 0.3 is 11.9 Å². The summed E-state index contributed by atoms with van der Waals surface area (Å²) < 4.78 is 12.8. The highest BCUT2D eigenvalue weighted by molar-refractivity contribution is 6.12. The minimum Gasteiger partial charge on any atom is -0.426 e. The second-order valence-corrected chi connectivity index (χ2v) is 16.5. The van der Waals surface area contributed by atoms with E-state index in [1.54, 1.807) is 0 Å². The van der Waals surface area contributed by atoms with Crippen molar-refractivity contribution in [3.8, 4) is 22.6 Å². The van der Waals surface area contributed by atoms with Crippen LogP contribution < -0.4 is 9.47 Å². The summed E-state index contributed by atoms with van der Waals surface area (Å²) in [4.78, 5) is 45.0. The van der Waals surface area contributed by atoms with Crippen LogP contribution in [0.25, 0.3) is 44.8 Å². The molecule has 0 bridgehead atoms. The highest BCUT2D eigenvalue weighted by Crippen LogP contribution is 2.46. The molecule has 8 heteroatoms. The molecule has 8 nitrogen and oxygen atoms in total. The fourth-order valence-corrected chi connectivity index (χ4v) is 9.37. The zero-order valence-corrected chi connectivity index (χ0v) is 37.4. The zero-order chi connectivity index (χ0) is 44.0. The maximum atomic E-state index is 14.1. The van der Waals surface area contributed by atoms with Gasteiger partial charge in [-0.25, -0.2) is 0 Å².